The molecule has 1 aromatic heterocycles. The summed E-state index contributed by atoms with van der Waals surface area (Å²) in [7, 11) is -1.73. The van der Waals surface area contributed by atoms with Crippen LogP contribution in [0.1, 0.15) is 12.6 Å². The molecule has 0 atom stereocenters. The Labute approximate surface area is 116 Å². The summed E-state index contributed by atoms with van der Waals surface area (Å²) in [6, 6.07) is 3.54. The zero-order valence-corrected chi connectivity index (χ0v) is 12.2. The van der Waals surface area contributed by atoms with Crippen LogP contribution >= 0.6 is 11.6 Å². The van der Waals surface area contributed by atoms with Gasteiger partial charge in [0.1, 0.15) is 7.05 Å². The van der Waals surface area contributed by atoms with E-state index in [9.17, 15) is 17.8 Å². The first-order valence-corrected chi connectivity index (χ1v) is 6.65. The molecule has 0 amide bonds. The Kier molecular flexibility index (Phi) is 7.53. The van der Waals surface area contributed by atoms with E-state index in [4.69, 9.17) is 16.3 Å². The Morgan fingerprint density at radius 2 is 2.05 bits per heavy atom. The lowest BCUT2D eigenvalue weighted by Gasteiger charge is -2.00. The van der Waals surface area contributed by atoms with Gasteiger partial charge in [-0.25, -0.2) is 13.0 Å². The minimum absolute atomic E-state index is 0.256. The van der Waals surface area contributed by atoms with Crippen LogP contribution in [0.2, 0.25) is 5.02 Å². The molecule has 0 aromatic carbocycles. The first-order chi connectivity index (χ1) is 8.65. The molecule has 0 fully saturated rings. The molecule has 7 nitrogen and oxygen atoms in total. The van der Waals surface area contributed by atoms with Crippen LogP contribution in [0.15, 0.2) is 18.3 Å². The highest BCUT2D eigenvalue weighted by Crippen LogP contribution is 2.07. The maximum Gasteiger partial charge on any atom is 0.303 e. The summed E-state index contributed by atoms with van der Waals surface area (Å²) in [5.74, 6) is -0.292. The molecule has 0 bridgehead atoms. The summed E-state index contributed by atoms with van der Waals surface area (Å²) in [5, 5.41) is 0.639. The molecule has 1 aromatic rings. The fourth-order valence-corrected chi connectivity index (χ4v) is 1.09. The van der Waals surface area contributed by atoms with E-state index in [0.717, 1.165) is 12.8 Å². The van der Waals surface area contributed by atoms with E-state index in [0.29, 0.717) is 5.02 Å². The van der Waals surface area contributed by atoms with Crippen LogP contribution in [0.5, 0.6) is 0 Å². The monoisotopic (exact) mass is 311 g/mol. The molecule has 0 saturated carbocycles. The van der Waals surface area contributed by atoms with E-state index in [2.05, 4.69) is 4.18 Å². The highest BCUT2D eigenvalue weighted by Gasteiger charge is 2.08. The first kappa shape index (κ1) is 17.8. The Morgan fingerprint density at radius 1 is 1.53 bits per heavy atom. The van der Waals surface area contributed by atoms with Crippen molar-refractivity contribution in [1.29, 1.82) is 0 Å². The topological polar surface area (TPSA) is 96.6 Å². The molecule has 1 rings (SSSR count). The number of nitrogens with zero attached hydrogens (tertiary/aromatic N) is 1. The highest BCUT2D eigenvalue weighted by molar-refractivity contribution is 7.80. The third kappa shape index (κ3) is 9.37. The lowest BCUT2D eigenvalue weighted by Crippen LogP contribution is -2.33. The van der Waals surface area contributed by atoms with Crippen LogP contribution < -0.4 is 4.57 Å². The predicted octanol–water partition coefficient (Wildman–Crippen LogP) is 0.321. The maximum atomic E-state index is 10.5. The van der Waals surface area contributed by atoms with Crippen LogP contribution in [0.4, 0.5) is 0 Å². The highest BCUT2D eigenvalue weighted by atomic mass is 35.5. The number of aryl methyl sites for hydroxylation is 1. The summed E-state index contributed by atoms with van der Waals surface area (Å²) in [5.41, 5.74) is 0.864. The predicted molar refractivity (Wildman–Crippen MR) is 64.8 cm³/mol. The molecule has 19 heavy (non-hydrogen) atoms. The fraction of sp³-hybridized carbons (Fsp3) is 0.400. The Morgan fingerprint density at radius 3 is 2.47 bits per heavy atom. The van der Waals surface area contributed by atoms with Crippen molar-refractivity contribution in [3.05, 3.63) is 29.0 Å². The second-order valence-electron chi connectivity index (χ2n) is 3.30. The summed E-state index contributed by atoms with van der Waals surface area (Å²) in [4.78, 5) is 10.5. The summed E-state index contributed by atoms with van der Waals surface area (Å²) >= 11 is 5.78. The zero-order valence-electron chi connectivity index (χ0n) is 10.6. The van der Waals surface area contributed by atoms with Crippen LogP contribution in [0.25, 0.3) is 0 Å². The van der Waals surface area contributed by atoms with E-state index in [-0.39, 0.29) is 12.6 Å². The minimum Gasteiger partial charge on any atom is -0.726 e. The number of hydrogen-bond acceptors (Lipinski definition) is 6. The van der Waals surface area contributed by atoms with Gasteiger partial charge in [-0.05, 0) is 0 Å². The van der Waals surface area contributed by atoms with Gasteiger partial charge in [0.25, 0.3) is 0 Å². The summed E-state index contributed by atoms with van der Waals surface area (Å²) in [6.07, 6.45) is 1.82. The largest absolute Gasteiger partial charge is 0.726 e. The molecular formula is C10H14ClNO6S. The molecule has 0 aliphatic heterocycles. The number of esters is 1. The van der Waals surface area contributed by atoms with Crippen LogP contribution in [0, 0.1) is 0 Å². The Bertz CT molecular complexity index is 531. The average molecular weight is 312 g/mol. The number of carbonyl (C=O) groups is 1. The number of rotatable bonds is 3. The van der Waals surface area contributed by atoms with Crippen molar-refractivity contribution in [2.45, 2.75) is 13.5 Å². The number of pyridine rings is 1. The third-order valence-corrected chi connectivity index (χ3v) is 2.49. The molecule has 108 valence electrons. The molecule has 0 aliphatic carbocycles. The van der Waals surface area contributed by atoms with Crippen molar-refractivity contribution >= 4 is 28.0 Å². The van der Waals surface area contributed by atoms with Crippen molar-refractivity contribution in [2.75, 3.05) is 7.11 Å². The Hall–Kier alpha value is -1.22. The van der Waals surface area contributed by atoms with Crippen molar-refractivity contribution in [1.82, 2.24) is 0 Å². The van der Waals surface area contributed by atoms with Crippen LogP contribution in [0.3, 0.4) is 0 Å². The van der Waals surface area contributed by atoms with Crippen molar-refractivity contribution in [3.8, 4) is 0 Å². The van der Waals surface area contributed by atoms with Gasteiger partial charge in [-0.3, -0.25) is 8.98 Å². The fourth-order valence-electron chi connectivity index (χ4n) is 0.907. The quantitative estimate of drug-likeness (QED) is 0.345. The van der Waals surface area contributed by atoms with Gasteiger partial charge in [-0.2, -0.15) is 0 Å². The van der Waals surface area contributed by atoms with Gasteiger partial charge in [0.15, 0.2) is 12.8 Å². The second kappa shape index (κ2) is 8.05. The number of ether oxygens (including phenoxy) is 1. The molecule has 0 saturated heterocycles. The Balaban J connectivity index is 0.000000459. The van der Waals surface area contributed by atoms with Gasteiger partial charge in [-0.1, -0.05) is 11.6 Å². The third-order valence-electron chi connectivity index (χ3n) is 1.84. The van der Waals surface area contributed by atoms with Gasteiger partial charge >= 0.3 is 5.97 Å². The number of aromatic nitrogens is 1. The zero-order chi connectivity index (χ0) is 15.1. The van der Waals surface area contributed by atoms with E-state index in [1.54, 1.807) is 12.1 Å². The lowest BCUT2D eigenvalue weighted by atomic mass is 10.3. The molecule has 9 heteroatoms. The number of carbonyl (C=O) groups excluding carboxylic acids is 1. The normalized spacial score (nSPS) is 10.4. The summed E-state index contributed by atoms with van der Waals surface area (Å²) in [6.45, 7) is 1.64. The molecule has 0 aliphatic rings. The lowest BCUT2D eigenvalue weighted by molar-refractivity contribution is -0.680. The molecule has 0 unspecified atom stereocenters. The molecule has 0 N–H and O–H groups in total. The van der Waals surface area contributed by atoms with Gasteiger partial charge in [0.2, 0.25) is 16.1 Å². The van der Waals surface area contributed by atoms with Crippen molar-refractivity contribution in [3.63, 3.8) is 0 Å². The van der Waals surface area contributed by atoms with Gasteiger partial charge in [-0.15, -0.1) is 0 Å². The maximum absolute atomic E-state index is 10.5. The number of hydrogen-bond donors (Lipinski definition) is 0. The van der Waals surface area contributed by atoms with E-state index >= 15 is 0 Å². The number of halogens is 1. The molecule has 1 heterocycles. The SMILES string of the molecule is CC(=O)OCc1cc(Cl)cc[n+]1C.COS(=O)(=O)[O-]. The molecular weight excluding hydrogens is 298 g/mol. The standard InChI is InChI=1S/C9H11ClNO2.CH4O4S/c1-7(12)13-6-9-5-8(10)3-4-11(9)2;1-5-6(2,3)4/h3-5H,6H2,1-2H3;1H3,(H,2,3,4)/q+1;/p-1. The van der Waals surface area contributed by atoms with Gasteiger partial charge < -0.3 is 9.29 Å². The van der Waals surface area contributed by atoms with Crippen molar-refractivity contribution in [2.24, 2.45) is 7.05 Å². The van der Waals surface area contributed by atoms with Crippen molar-refractivity contribution < 1.29 is 31.3 Å². The van der Waals surface area contributed by atoms with Crippen LogP contribution in [-0.4, -0.2) is 26.0 Å². The summed E-state index contributed by atoms with van der Waals surface area (Å²) < 4.78 is 37.7. The second-order valence-corrected chi connectivity index (χ2v) is 4.89. The molecule has 0 spiro atoms. The van der Waals surface area contributed by atoms with E-state index in [1.165, 1.54) is 6.92 Å². The van der Waals surface area contributed by atoms with E-state index < -0.39 is 10.4 Å². The minimum atomic E-state index is -4.41. The van der Waals surface area contributed by atoms with Gasteiger partial charge in [0, 0.05) is 19.1 Å². The smallest absolute Gasteiger partial charge is 0.303 e. The van der Waals surface area contributed by atoms with Gasteiger partial charge in [0.05, 0.1) is 12.1 Å². The van der Waals surface area contributed by atoms with E-state index in [1.807, 2.05) is 17.8 Å². The first-order valence-electron chi connectivity index (χ1n) is 4.94. The molecule has 0 radical (unpaired) electrons. The average Bonchev–Trinajstić information content (AvgIpc) is 2.30. The van der Waals surface area contributed by atoms with Crippen LogP contribution in [-0.2, 0) is 37.8 Å².